The minimum absolute atomic E-state index is 0.423. The molecule has 0 bridgehead atoms. The molecule has 0 saturated carbocycles. The molecule has 18 heavy (non-hydrogen) atoms. The summed E-state index contributed by atoms with van der Waals surface area (Å²) in [6, 6.07) is 8.99. The van der Waals surface area contributed by atoms with E-state index in [1.54, 1.807) is 30.6 Å². The Morgan fingerprint density at radius 3 is 2.67 bits per heavy atom. The van der Waals surface area contributed by atoms with Gasteiger partial charge >= 0.3 is 0 Å². The Kier molecular flexibility index (Phi) is 4.36. The van der Waals surface area contributed by atoms with Crippen LogP contribution in [0.2, 0.25) is 10.0 Å². The third kappa shape index (κ3) is 3.32. The number of aromatic nitrogens is 1. The van der Waals surface area contributed by atoms with Crippen molar-refractivity contribution in [2.75, 3.05) is 10.6 Å². The van der Waals surface area contributed by atoms with Crippen LogP contribution in [0.1, 0.15) is 0 Å². The minimum Gasteiger partial charge on any atom is -0.331 e. The highest BCUT2D eigenvalue weighted by molar-refractivity contribution is 7.80. The highest BCUT2D eigenvalue weighted by Crippen LogP contribution is 2.29. The predicted molar refractivity (Wildman–Crippen MR) is 80.5 cm³/mol. The van der Waals surface area contributed by atoms with Crippen molar-refractivity contribution in [1.29, 1.82) is 0 Å². The van der Waals surface area contributed by atoms with Crippen molar-refractivity contribution in [3.63, 3.8) is 0 Å². The van der Waals surface area contributed by atoms with E-state index in [4.69, 9.17) is 35.4 Å². The van der Waals surface area contributed by atoms with E-state index >= 15 is 0 Å². The Bertz CT molecular complexity index is 561. The number of benzene rings is 1. The topological polar surface area (TPSA) is 37.0 Å². The van der Waals surface area contributed by atoms with Gasteiger partial charge in [-0.05, 0) is 36.5 Å². The van der Waals surface area contributed by atoms with Crippen LogP contribution in [0.15, 0.2) is 42.7 Å². The van der Waals surface area contributed by atoms with Gasteiger partial charge in [0, 0.05) is 6.20 Å². The summed E-state index contributed by atoms with van der Waals surface area (Å²) in [7, 11) is 0. The highest BCUT2D eigenvalue weighted by Gasteiger charge is 2.05. The van der Waals surface area contributed by atoms with Crippen LogP contribution in [-0.4, -0.2) is 10.1 Å². The first-order valence-electron chi connectivity index (χ1n) is 5.09. The normalized spacial score (nSPS) is 9.89. The molecule has 0 saturated heterocycles. The van der Waals surface area contributed by atoms with Gasteiger partial charge in [0.15, 0.2) is 5.11 Å². The average Bonchev–Trinajstić information content (AvgIpc) is 2.36. The molecule has 0 aliphatic heterocycles. The van der Waals surface area contributed by atoms with E-state index in [-0.39, 0.29) is 0 Å². The van der Waals surface area contributed by atoms with E-state index < -0.39 is 0 Å². The first kappa shape index (κ1) is 13.1. The van der Waals surface area contributed by atoms with E-state index in [1.807, 2.05) is 12.1 Å². The fourth-order valence-corrected chi connectivity index (χ4v) is 1.90. The summed E-state index contributed by atoms with van der Waals surface area (Å²) >= 11 is 17.1. The Morgan fingerprint density at radius 2 is 1.94 bits per heavy atom. The first-order chi connectivity index (χ1) is 8.66. The van der Waals surface area contributed by atoms with Gasteiger partial charge in [0.2, 0.25) is 0 Å². The molecule has 2 rings (SSSR count). The number of nitrogens with one attached hydrogen (secondary N) is 2. The van der Waals surface area contributed by atoms with Gasteiger partial charge in [0.25, 0.3) is 0 Å². The molecule has 2 aromatic rings. The predicted octanol–water partition coefficient (Wildman–Crippen LogP) is 4.20. The second-order valence-corrected chi connectivity index (χ2v) is 4.62. The van der Waals surface area contributed by atoms with Crippen molar-refractivity contribution in [2.24, 2.45) is 0 Å². The largest absolute Gasteiger partial charge is 0.331 e. The molecule has 0 unspecified atom stereocenters. The van der Waals surface area contributed by atoms with Crippen LogP contribution in [0.5, 0.6) is 0 Å². The van der Waals surface area contributed by atoms with Crippen molar-refractivity contribution in [3.05, 3.63) is 52.8 Å². The van der Waals surface area contributed by atoms with Crippen LogP contribution in [0.4, 0.5) is 11.4 Å². The molecule has 92 valence electrons. The van der Waals surface area contributed by atoms with E-state index in [0.717, 1.165) is 5.69 Å². The van der Waals surface area contributed by atoms with Gasteiger partial charge in [-0.1, -0.05) is 29.3 Å². The molecule has 0 aliphatic rings. The maximum absolute atomic E-state index is 6.05. The second-order valence-electron chi connectivity index (χ2n) is 3.42. The summed E-state index contributed by atoms with van der Waals surface area (Å²) in [4.78, 5) is 3.98. The summed E-state index contributed by atoms with van der Waals surface area (Å²) in [6.45, 7) is 0. The summed E-state index contributed by atoms with van der Waals surface area (Å²) in [6.07, 6.45) is 3.36. The fraction of sp³-hybridized carbons (Fsp3) is 0. The first-order valence-corrected chi connectivity index (χ1v) is 6.25. The van der Waals surface area contributed by atoms with E-state index in [2.05, 4.69) is 15.6 Å². The molecule has 0 radical (unpaired) electrons. The van der Waals surface area contributed by atoms with E-state index in [9.17, 15) is 0 Å². The number of pyridine rings is 1. The Balaban J connectivity index is 2.06. The zero-order valence-corrected chi connectivity index (χ0v) is 11.5. The SMILES string of the molecule is S=C(Nc1cccnc1)Nc1cccc(Cl)c1Cl. The number of nitrogens with zero attached hydrogens (tertiary/aromatic N) is 1. The number of halogens is 2. The molecule has 0 atom stereocenters. The molecule has 0 amide bonds. The van der Waals surface area contributed by atoms with Crippen molar-refractivity contribution < 1.29 is 0 Å². The zero-order valence-electron chi connectivity index (χ0n) is 9.15. The Hall–Kier alpha value is -1.36. The lowest BCUT2D eigenvalue weighted by atomic mass is 10.3. The van der Waals surface area contributed by atoms with E-state index in [1.165, 1.54) is 0 Å². The maximum Gasteiger partial charge on any atom is 0.175 e. The van der Waals surface area contributed by atoms with Crippen molar-refractivity contribution in [1.82, 2.24) is 4.98 Å². The summed E-state index contributed by atoms with van der Waals surface area (Å²) in [5.41, 5.74) is 1.46. The number of hydrogen-bond acceptors (Lipinski definition) is 2. The highest BCUT2D eigenvalue weighted by atomic mass is 35.5. The summed E-state index contributed by atoms with van der Waals surface area (Å²) < 4.78 is 0. The third-order valence-corrected chi connectivity index (χ3v) is 3.14. The van der Waals surface area contributed by atoms with Crippen LogP contribution in [0.3, 0.4) is 0 Å². The number of hydrogen-bond donors (Lipinski definition) is 2. The molecule has 0 fully saturated rings. The third-order valence-electron chi connectivity index (χ3n) is 2.12. The maximum atomic E-state index is 6.05. The lowest BCUT2D eigenvalue weighted by molar-refractivity contribution is 1.33. The number of thiocarbonyl (C=S) groups is 1. The molecule has 0 spiro atoms. The van der Waals surface area contributed by atoms with Crippen LogP contribution >= 0.6 is 35.4 Å². The van der Waals surface area contributed by atoms with Crippen molar-refractivity contribution in [2.45, 2.75) is 0 Å². The van der Waals surface area contributed by atoms with Gasteiger partial charge in [0.1, 0.15) is 0 Å². The molecule has 0 aliphatic carbocycles. The van der Waals surface area contributed by atoms with Gasteiger partial charge in [-0.3, -0.25) is 4.98 Å². The molecule has 6 heteroatoms. The molecule has 1 aromatic carbocycles. The van der Waals surface area contributed by atoms with Crippen molar-refractivity contribution >= 4 is 51.9 Å². The lowest BCUT2D eigenvalue weighted by Crippen LogP contribution is -2.19. The fourth-order valence-electron chi connectivity index (χ4n) is 1.32. The van der Waals surface area contributed by atoms with Gasteiger partial charge in [-0.25, -0.2) is 0 Å². The number of anilines is 2. The van der Waals surface area contributed by atoms with E-state index in [0.29, 0.717) is 20.8 Å². The minimum atomic E-state index is 0.423. The standard InChI is InChI=1S/C12H9Cl2N3S/c13-9-4-1-5-10(11(9)14)17-12(18)16-8-3-2-6-15-7-8/h1-7H,(H2,16,17,18). The molecule has 1 heterocycles. The van der Waals surface area contributed by atoms with Crippen LogP contribution in [-0.2, 0) is 0 Å². The summed E-state index contributed by atoms with van der Waals surface area (Å²) in [5, 5.41) is 7.31. The summed E-state index contributed by atoms with van der Waals surface area (Å²) in [5.74, 6) is 0. The van der Waals surface area contributed by atoms with Crippen LogP contribution < -0.4 is 10.6 Å². The molecule has 3 nitrogen and oxygen atoms in total. The lowest BCUT2D eigenvalue weighted by Gasteiger charge is -2.11. The monoisotopic (exact) mass is 297 g/mol. The second kappa shape index (κ2) is 6.00. The van der Waals surface area contributed by atoms with Crippen LogP contribution in [0, 0.1) is 0 Å². The van der Waals surface area contributed by atoms with Gasteiger partial charge in [-0.15, -0.1) is 0 Å². The smallest absolute Gasteiger partial charge is 0.175 e. The van der Waals surface area contributed by atoms with Gasteiger partial charge < -0.3 is 10.6 Å². The Morgan fingerprint density at radius 1 is 1.11 bits per heavy atom. The molecule has 1 aromatic heterocycles. The Labute approximate surface area is 120 Å². The van der Waals surface area contributed by atoms with Gasteiger partial charge in [-0.2, -0.15) is 0 Å². The molecular formula is C12H9Cl2N3S. The zero-order chi connectivity index (χ0) is 13.0. The molecular weight excluding hydrogens is 289 g/mol. The molecule has 2 N–H and O–H groups in total. The number of rotatable bonds is 2. The van der Waals surface area contributed by atoms with Crippen molar-refractivity contribution in [3.8, 4) is 0 Å². The quantitative estimate of drug-likeness (QED) is 0.815. The van der Waals surface area contributed by atoms with Crippen LogP contribution in [0.25, 0.3) is 0 Å². The van der Waals surface area contributed by atoms with Gasteiger partial charge in [0.05, 0.1) is 27.6 Å². The average molecular weight is 298 g/mol.